The first-order valence-corrected chi connectivity index (χ1v) is 6.94. The largest absolute Gasteiger partial charge is 0.377 e. The Morgan fingerprint density at radius 1 is 1.19 bits per heavy atom. The zero-order valence-corrected chi connectivity index (χ0v) is 11.8. The first-order valence-electron chi connectivity index (χ1n) is 5.82. The molecule has 0 saturated heterocycles. The lowest BCUT2D eigenvalue weighted by atomic mass is 9.91. The third kappa shape index (κ3) is 5.66. The average Bonchev–Trinajstić information content (AvgIpc) is 2.30. The lowest BCUT2D eigenvalue weighted by Gasteiger charge is -2.21. The highest BCUT2D eigenvalue weighted by Gasteiger charge is 2.14. The average molecular weight is 285 g/mol. The molecule has 0 aliphatic heterocycles. The molecule has 0 aliphatic carbocycles. The van der Waals surface area contributed by atoms with Crippen LogP contribution in [-0.4, -0.2) is 11.9 Å². The molecule has 0 fully saturated rings. The zero-order chi connectivity index (χ0) is 11.9. The highest BCUT2D eigenvalue weighted by atomic mass is 79.9. The Balaban J connectivity index is 2.09. The van der Waals surface area contributed by atoms with Gasteiger partial charge in [-0.25, -0.2) is 0 Å². The van der Waals surface area contributed by atoms with Gasteiger partial charge in [-0.15, -0.1) is 0 Å². The Morgan fingerprint density at radius 3 is 2.50 bits per heavy atom. The molecule has 0 N–H and O–H groups in total. The Labute approximate surface area is 107 Å². The van der Waals surface area contributed by atoms with Crippen LogP contribution in [0.2, 0.25) is 0 Å². The van der Waals surface area contributed by atoms with E-state index >= 15 is 0 Å². The molecular weight excluding hydrogens is 264 g/mol. The van der Waals surface area contributed by atoms with Crippen LogP contribution in [0, 0.1) is 5.41 Å². The summed E-state index contributed by atoms with van der Waals surface area (Å²) < 4.78 is 5.64. The van der Waals surface area contributed by atoms with E-state index in [9.17, 15) is 0 Å². The van der Waals surface area contributed by atoms with Crippen LogP contribution >= 0.6 is 15.9 Å². The second-order valence-electron chi connectivity index (χ2n) is 4.94. The van der Waals surface area contributed by atoms with Gasteiger partial charge in [0.15, 0.2) is 0 Å². The SMILES string of the molecule is CC(C)(CBr)CCCOCc1ccccc1. The molecule has 0 radical (unpaired) electrons. The van der Waals surface area contributed by atoms with Gasteiger partial charge in [0.25, 0.3) is 0 Å². The highest BCUT2D eigenvalue weighted by molar-refractivity contribution is 9.09. The van der Waals surface area contributed by atoms with Crippen LogP contribution in [0.15, 0.2) is 30.3 Å². The van der Waals surface area contributed by atoms with Crippen LogP contribution in [0.4, 0.5) is 0 Å². The predicted octanol–water partition coefficient (Wildman–Crippen LogP) is 4.40. The lowest BCUT2D eigenvalue weighted by Crippen LogP contribution is -2.13. The van der Waals surface area contributed by atoms with E-state index in [4.69, 9.17) is 4.74 Å². The summed E-state index contributed by atoms with van der Waals surface area (Å²) in [4.78, 5) is 0. The number of benzene rings is 1. The van der Waals surface area contributed by atoms with Crippen LogP contribution in [-0.2, 0) is 11.3 Å². The van der Waals surface area contributed by atoms with E-state index in [1.165, 1.54) is 12.0 Å². The normalized spacial score (nSPS) is 11.7. The van der Waals surface area contributed by atoms with E-state index < -0.39 is 0 Å². The molecule has 0 unspecified atom stereocenters. The first-order chi connectivity index (χ1) is 7.64. The summed E-state index contributed by atoms with van der Waals surface area (Å²) in [5, 5.41) is 1.05. The molecule has 0 heterocycles. The zero-order valence-electron chi connectivity index (χ0n) is 10.2. The number of hydrogen-bond acceptors (Lipinski definition) is 1. The number of rotatable bonds is 7. The maximum absolute atomic E-state index is 5.64. The van der Waals surface area contributed by atoms with Crippen molar-refractivity contribution in [1.29, 1.82) is 0 Å². The molecule has 0 aromatic heterocycles. The van der Waals surface area contributed by atoms with Gasteiger partial charge in [0.2, 0.25) is 0 Å². The number of ether oxygens (including phenoxy) is 1. The monoisotopic (exact) mass is 284 g/mol. The Hall–Kier alpha value is -0.340. The summed E-state index contributed by atoms with van der Waals surface area (Å²) in [5.74, 6) is 0. The number of alkyl halides is 1. The molecule has 16 heavy (non-hydrogen) atoms. The molecule has 0 amide bonds. The van der Waals surface area contributed by atoms with E-state index in [1.807, 2.05) is 18.2 Å². The quantitative estimate of drug-likeness (QED) is 0.533. The standard InChI is InChI=1S/C14H21BrO/c1-14(2,12-15)9-6-10-16-11-13-7-4-3-5-8-13/h3-5,7-8H,6,9-12H2,1-2H3. The Kier molecular flexibility index (Phi) is 6.07. The molecule has 90 valence electrons. The van der Waals surface area contributed by atoms with Crippen molar-refractivity contribution in [3.05, 3.63) is 35.9 Å². The van der Waals surface area contributed by atoms with Gasteiger partial charge in [-0.3, -0.25) is 0 Å². The molecule has 0 spiro atoms. The maximum Gasteiger partial charge on any atom is 0.0716 e. The Bertz CT molecular complexity index is 282. The third-order valence-electron chi connectivity index (χ3n) is 2.62. The van der Waals surface area contributed by atoms with Crippen LogP contribution in [0.5, 0.6) is 0 Å². The van der Waals surface area contributed by atoms with Crippen molar-refractivity contribution >= 4 is 15.9 Å². The smallest absolute Gasteiger partial charge is 0.0716 e. The van der Waals surface area contributed by atoms with E-state index in [-0.39, 0.29) is 0 Å². The fourth-order valence-corrected chi connectivity index (χ4v) is 1.76. The fraction of sp³-hybridized carbons (Fsp3) is 0.571. The van der Waals surface area contributed by atoms with Crippen LogP contribution in [0.25, 0.3) is 0 Å². The molecule has 1 rings (SSSR count). The summed E-state index contributed by atoms with van der Waals surface area (Å²) in [7, 11) is 0. The number of hydrogen-bond donors (Lipinski definition) is 0. The molecule has 0 aliphatic rings. The second kappa shape index (κ2) is 7.08. The third-order valence-corrected chi connectivity index (χ3v) is 4.13. The molecule has 1 aromatic carbocycles. The topological polar surface area (TPSA) is 9.23 Å². The Morgan fingerprint density at radius 2 is 1.88 bits per heavy atom. The lowest BCUT2D eigenvalue weighted by molar-refractivity contribution is 0.110. The molecule has 0 saturated carbocycles. The van der Waals surface area contributed by atoms with Gasteiger partial charge in [0.05, 0.1) is 6.61 Å². The fourth-order valence-electron chi connectivity index (χ4n) is 1.48. The van der Waals surface area contributed by atoms with Crippen molar-refractivity contribution in [2.75, 3.05) is 11.9 Å². The maximum atomic E-state index is 5.64. The van der Waals surface area contributed by atoms with Crippen molar-refractivity contribution in [2.45, 2.75) is 33.3 Å². The minimum absolute atomic E-state index is 0.385. The van der Waals surface area contributed by atoms with Crippen LogP contribution in [0.1, 0.15) is 32.3 Å². The minimum Gasteiger partial charge on any atom is -0.377 e. The van der Waals surface area contributed by atoms with E-state index in [0.29, 0.717) is 5.41 Å². The van der Waals surface area contributed by atoms with Crippen molar-refractivity contribution in [3.63, 3.8) is 0 Å². The van der Waals surface area contributed by atoms with E-state index in [1.54, 1.807) is 0 Å². The van der Waals surface area contributed by atoms with E-state index in [0.717, 1.165) is 25.0 Å². The van der Waals surface area contributed by atoms with Gasteiger partial charge in [-0.05, 0) is 23.8 Å². The summed E-state index contributed by atoms with van der Waals surface area (Å²) >= 11 is 3.54. The van der Waals surface area contributed by atoms with Crippen molar-refractivity contribution in [3.8, 4) is 0 Å². The van der Waals surface area contributed by atoms with Crippen molar-refractivity contribution in [1.82, 2.24) is 0 Å². The molecule has 2 heteroatoms. The summed E-state index contributed by atoms with van der Waals surface area (Å²) in [6.45, 7) is 6.14. The van der Waals surface area contributed by atoms with Gasteiger partial charge in [-0.2, -0.15) is 0 Å². The summed E-state index contributed by atoms with van der Waals surface area (Å²) in [6.07, 6.45) is 2.33. The van der Waals surface area contributed by atoms with Gasteiger partial charge in [0.1, 0.15) is 0 Å². The molecule has 1 nitrogen and oxygen atoms in total. The highest BCUT2D eigenvalue weighted by Crippen LogP contribution is 2.24. The molecule has 1 aromatic rings. The second-order valence-corrected chi connectivity index (χ2v) is 5.50. The predicted molar refractivity (Wildman–Crippen MR) is 72.9 cm³/mol. The minimum atomic E-state index is 0.385. The van der Waals surface area contributed by atoms with Gasteiger partial charge < -0.3 is 4.74 Å². The van der Waals surface area contributed by atoms with Crippen molar-refractivity contribution in [2.24, 2.45) is 5.41 Å². The first kappa shape index (κ1) is 13.7. The van der Waals surface area contributed by atoms with Gasteiger partial charge >= 0.3 is 0 Å². The van der Waals surface area contributed by atoms with Gasteiger partial charge in [0, 0.05) is 11.9 Å². The molecular formula is C14H21BrO. The van der Waals surface area contributed by atoms with Crippen LogP contribution in [0.3, 0.4) is 0 Å². The molecule has 0 bridgehead atoms. The van der Waals surface area contributed by atoms with Crippen LogP contribution < -0.4 is 0 Å². The number of halogens is 1. The molecule has 0 atom stereocenters. The summed E-state index contributed by atoms with van der Waals surface area (Å²) in [6, 6.07) is 10.3. The van der Waals surface area contributed by atoms with Gasteiger partial charge in [-0.1, -0.05) is 60.1 Å². The summed E-state index contributed by atoms with van der Waals surface area (Å²) in [5.41, 5.74) is 1.64. The van der Waals surface area contributed by atoms with Crippen molar-refractivity contribution < 1.29 is 4.74 Å². The van der Waals surface area contributed by atoms with E-state index in [2.05, 4.69) is 41.9 Å².